The van der Waals surface area contributed by atoms with Crippen molar-refractivity contribution < 1.29 is 9.63 Å². The molecule has 112 valence electrons. The number of likely N-dealkylation sites (tertiary alicyclic amines) is 1. The maximum Gasteiger partial charge on any atom is 0.154 e. The summed E-state index contributed by atoms with van der Waals surface area (Å²) in [6.45, 7) is 6.21. The van der Waals surface area contributed by atoms with E-state index in [0.717, 1.165) is 31.0 Å². The molecule has 1 aliphatic heterocycles. The number of hydrogen-bond donors (Lipinski definition) is 1. The topological polar surface area (TPSA) is 49.5 Å². The van der Waals surface area contributed by atoms with Crippen molar-refractivity contribution in [1.82, 2.24) is 10.1 Å². The van der Waals surface area contributed by atoms with Gasteiger partial charge in [-0.1, -0.05) is 31.1 Å². The Labute approximate surface area is 125 Å². The van der Waals surface area contributed by atoms with Crippen LogP contribution < -0.4 is 0 Å². The number of hydrogen-bond acceptors (Lipinski definition) is 4. The zero-order valence-electron chi connectivity index (χ0n) is 12.6. The summed E-state index contributed by atoms with van der Waals surface area (Å²) in [5.74, 6) is 1.69. The van der Waals surface area contributed by atoms with Crippen LogP contribution in [-0.2, 0) is 6.54 Å². The Hall–Kier alpha value is -1.81. The van der Waals surface area contributed by atoms with Crippen molar-refractivity contribution in [2.75, 3.05) is 6.54 Å². The minimum Gasteiger partial charge on any atom is -0.508 e. The Balaban J connectivity index is 1.74. The molecule has 21 heavy (non-hydrogen) atoms. The van der Waals surface area contributed by atoms with Crippen molar-refractivity contribution in [3.8, 4) is 5.75 Å². The molecule has 1 saturated heterocycles. The van der Waals surface area contributed by atoms with Gasteiger partial charge in [-0.3, -0.25) is 4.90 Å². The van der Waals surface area contributed by atoms with Gasteiger partial charge in [0.15, 0.2) is 5.76 Å². The number of aromatic nitrogens is 1. The number of aromatic hydroxyl groups is 1. The van der Waals surface area contributed by atoms with Crippen molar-refractivity contribution >= 4 is 0 Å². The molecular formula is C17H22N2O2. The summed E-state index contributed by atoms with van der Waals surface area (Å²) in [7, 11) is 0. The van der Waals surface area contributed by atoms with E-state index in [1.54, 1.807) is 12.1 Å². The Morgan fingerprint density at radius 3 is 2.76 bits per heavy atom. The number of phenolic OH excluding ortho intramolecular Hbond substituents is 1. The highest BCUT2D eigenvalue weighted by atomic mass is 16.5. The van der Waals surface area contributed by atoms with Gasteiger partial charge in [0, 0.05) is 12.6 Å². The van der Waals surface area contributed by atoms with Crippen molar-refractivity contribution in [1.29, 1.82) is 0 Å². The van der Waals surface area contributed by atoms with Crippen LogP contribution in [0.1, 0.15) is 55.7 Å². The summed E-state index contributed by atoms with van der Waals surface area (Å²) in [6.07, 6.45) is 2.30. The van der Waals surface area contributed by atoms with E-state index < -0.39 is 0 Å². The predicted octanol–water partition coefficient (Wildman–Crippen LogP) is 3.84. The second kappa shape index (κ2) is 5.90. The highest BCUT2D eigenvalue weighted by molar-refractivity contribution is 5.26. The second-order valence-electron chi connectivity index (χ2n) is 6.10. The third-order valence-corrected chi connectivity index (χ3v) is 4.15. The van der Waals surface area contributed by atoms with Gasteiger partial charge in [-0.2, -0.15) is 0 Å². The predicted molar refractivity (Wildman–Crippen MR) is 81.1 cm³/mol. The molecule has 4 heteroatoms. The molecule has 0 amide bonds. The minimum absolute atomic E-state index is 0.313. The second-order valence-corrected chi connectivity index (χ2v) is 6.10. The van der Waals surface area contributed by atoms with Gasteiger partial charge in [0.1, 0.15) is 5.75 Å². The van der Waals surface area contributed by atoms with Crippen LogP contribution >= 0.6 is 0 Å². The smallest absolute Gasteiger partial charge is 0.154 e. The Kier molecular flexibility index (Phi) is 3.97. The van der Waals surface area contributed by atoms with E-state index in [9.17, 15) is 5.11 Å². The van der Waals surface area contributed by atoms with Gasteiger partial charge >= 0.3 is 0 Å². The van der Waals surface area contributed by atoms with Gasteiger partial charge < -0.3 is 9.63 Å². The molecule has 1 fully saturated rings. The third kappa shape index (κ3) is 3.10. The third-order valence-electron chi connectivity index (χ3n) is 4.15. The maximum atomic E-state index is 9.37. The molecule has 0 saturated carbocycles. The van der Waals surface area contributed by atoms with Crippen LogP contribution in [-0.4, -0.2) is 21.7 Å². The largest absolute Gasteiger partial charge is 0.508 e. The first-order chi connectivity index (χ1) is 10.1. The van der Waals surface area contributed by atoms with E-state index >= 15 is 0 Å². The average molecular weight is 286 g/mol. The Bertz CT molecular complexity index is 589. The fourth-order valence-electron chi connectivity index (χ4n) is 2.91. The first-order valence-electron chi connectivity index (χ1n) is 7.62. The molecule has 3 rings (SSSR count). The van der Waals surface area contributed by atoms with E-state index in [1.807, 2.05) is 12.1 Å². The van der Waals surface area contributed by atoms with Crippen molar-refractivity contribution in [3.05, 3.63) is 47.3 Å². The molecule has 4 nitrogen and oxygen atoms in total. The highest BCUT2D eigenvalue weighted by Crippen LogP contribution is 2.34. The van der Waals surface area contributed by atoms with Crippen LogP contribution in [0.2, 0.25) is 0 Å². The Morgan fingerprint density at radius 2 is 2.10 bits per heavy atom. The van der Waals surface area contributed by atoms with Gasteiger partial charge in [0.05, 0.1) is 11.7 Å². The van der Waals surface area contributed by atoms with Crippen molar-refractivity contribution in [2.45, 2.75) is 45.2 Å². The fraction of sp³-hybridized carbons (Fsp3) is 0.471. The van der Waals surface area contributed by atoms with Crippen LogP contribution in [0.5, 0.6) is 5.75 Å². The van der Waals surface area contributed by atoms with E-state index in [4.69, 9.17) is 4.52 Å². The van der Waals surface area contributed by atoms with Crippen LogP contribution in [0.25, 0.3) is 0 Å². The van der Waals surface area contributed by atoms with Gasteiger partial charge in [-0.25, -0.2) is 0 Å². The molecule has 1 aliphatic rings. The van der Waals surface area contributed by atoms with Crippen LogP contribution in [0.15, 0.2) is 34.9 Å². The van der Waals surface area contributed by atoms with Gasteiger partial charge in [0.25, 0.3) is 0 Å². The number of benzene rings is 1. The fourth-order valence-corrected chi connectivity index (χ4v) is 2.91. The van der Waals surface area contributed by atoms with E-state index in [0.29, 0.717) is 17.7 Å². The number of phenols is 1. The molecule has 2 aromatic rings. The molecule has 1 N–H and O–H groups in total. The minimum atomic E-state index is 0.313. The average Bonchev–Trinajstić information content (AvgIpc) is 3.09. The molecule has 0 aliphatic carbocycles. The van der Waals surface area contributed by atoms with Crippen molar-refractivity contribution in [3.63, 3.8) is 0 Å². The van der Waals surface area contributed by atoms with E-state index in [1.165, 1.54) is 12.0 Å². The summed E-state index contributed by atoms with van der Waals surface area (Å²) in [5.41, 5.74) is 2.24. The van der Waals surface area contributed by atoms with Gasteiger partial charge in [-0.05, 0) is 43.0 Å². The standard InChI is InChI=1S/C17H22N2O2/c1-12(2)15-10-17(21-18-15)16-4-3-9-19(16)11-13-5-7-14(20)8-6-13/h5-8,10,12,16,20H,3-4,9,11H2,1-2H3/t16-/m0/s1. The lowest BCUT2D eigenvalue weighted by molar-refractivity contribution is 0.206. The molecule has 1 aromatic heterocycles. The molecule has 0 radical (unpaired) electrons. The molecule has 2 heterocycles. The summed E-state index contributed by atoms with van der Waals surface area (Å²) in [6, 6.07) is 9.86. The quantitative estimate of drug-likeness (QED) is 0.927. The molecule has 0 spiro atoms. The van der Waals surface area contributed by atoms with E-state index in [-0.39, 0.29) is 0 Å². The molecule has 1 aromatic carbocycles. The summed E-state index contributed by atoms with van der Waals surface area (Å²) >= 11 is 0. The summed E-state index contributed by atoms with van der Waals surface area (Å²) < 4.78 is 5.57. The monoisotopic (exact) mass is 286 g/mol. The van der Waals surface area contributed by atoms with Crippen molar-refractivity contribution in [2.24, 2.45) is 0 Å². The van der Waals surface area contributed by atoms with Crippen LogP contribution in [0.4, 0.5) is 0 Å². The molecule has 1 atom stereocenters. The molecule has 0 bridgehead atoms. The zero-order chi connectivity index (χ0) is 14.8. The normalized spacial score (nSPS) is 19.5. The van der Waals surface area contributed by atoms with Crippen LogP contribution in [0, 0.1) is 0 Å². The maximum absolute atomic E-state index is 9.37. The first-order valence-corrected chi connectivity index (χ1v) is 7.62. The van der Waals surface area contributed by atoms with Crippen LogP contribution in [0.3, 0.4) is 0 Å². The highest BCUT2D eigenvalue weighted by Gasteiger charge is 2.29. The van der Waals surface area contributed by atoms with E-state index in [2.05, 4.69) is 30.0 Å². The zero-order valence-corrected chi connectivity index (χ0v) is 12.6. The lowest BCUT2D eigenvalue weighted by Gasteiger charge is -2.22. The first kappa shape index (κ1) is 14.1. The lowest BCUT2D eigenvalue weighted by atomic mass is 10.1. The Morgan fingerprint density at radius 1 is 1.33 bits per heavy atom. The molecule has 0 unspecified atom stereocenters. The van der Waals surface area contributed by atoms with Gasteiger partial charge in [0.2, 0.25) is 0 Å². The summed E-state index contributed by atoms with van der Waals surface area (Å²) in [5, 5.41) is 13.5. The number of rotatable bonds is 4. The SMILES string of the molecule is CC(C)c1cc([C@@H]2CCCN2Cc2ccc(O)cc2)on1. The number of nitrogens with zero attached hydrogens (tertiary/aromatic N) is 2. The summed E-state index contributed by atoms with van der Waals surface area (Å²) in [4.78, 5) is 2.43. The van der Waals surface area contributed by atoms with Gasteiger partial charge in [-0.15, -0.1) is 0 Å². The lowest BCUT2D eigenvalue weighted by Crippen LogP contribution is -2.22. The molecular weight excluding hydrogens is 264 g/mol.